The van der Waals surface area contributed by atoms with Gasteiger partial charge in [-0.25, -0.2) is 19.2 Å². The Balaban J connectivity index is 1.14. The fourth-order valence-corrected chi connectivity index (χ4v) is 29.3. The number of rotatable bonds is 13. The molecule has 0 spiro atoms. The molecule has 3 aromatic rings. The number of hydrogen-bond acceptors (Lipinski definition) is 23. The summed E-state index contributed by atoms with van der Waals surface area (Å²) in [5, 5.41) is 2.04. The largest absolute Gasteiger partial charge is 0.465 e. The van der Waals surface area contributed by atoms with Crippen molar-refractivity contribution in [2.45, 2.75) is 270 Å². The molecular weight excluding hydrogens is 1290 g/mol. The van der Waals surface area contributed by atoms with Gasteiger partial charge in [0, 0.05) is 82.7 Å². The van der Waals surface area contributed by atoms with Crippen molar-refractivity contribution in [3.05, 3.63) is 39.3 Å². The molecule has 7 aliphatic heterocycles. The highest BCUT2D eigenvalue weighted by Crippen LogP contribution is 2.75. The number of fused-ring (bicyclic) bond motifs is 6. The van der Waals surface area contributed by atoms with E-state index in [0.717, 1.165) is 81.4 Å². The Morgan fingerprint density at radius 1 is 0.429 bits per heavy atom. The van der Waals surface area contributed by atoms with Crippen molar-refractivity contribution in [2.75, 3.05) is 27.4 Å². The number of esters is 4. The van der Waals surface area contributed by atoms with Gasteiger partial charge in [0.25, 0.3) is 0 Å². The van der Waals surface area contributed by atoms with Crippen molar-refractivity contribution in [3.8, 4) is 0 Å². The average Bonchev–Trinajstić information content (AvgIpc) is 2.22. The van der Waals surface area contributed by atoms with E-state index in [1.807, 2.05) is 39.7 Å². The number of methoxy groups -OCH3 is 2. The second-order valence-electron chi connectivity index (χ2n) is 27.4. The minimum Gasteiger partial charge on any atom is -0.465 e. The lowest BCUT2D eigenvalue weighted by atomic mass is 9.80. The van der Waals surface area contributed by atoms with Crippen LogP contribution in [0.25, 0.3) is 0 Å². The summed E-state index contributed by atoms with van der Waals surface area (Å²) in [5.74, 6) is -0.888. The summed E-state index contributed by atoms with van der Waals surface area (Å²) in [5.41, 5.74) is 2.77. The number of carbonyl (C=O) groups excluding carboxylic acids is 4. The molecule has 23 heteroatoms. The van der Waals surface area contributed by atoms with Crippen molar-refractivity contribution in [2.24, 2.45) is 0 Å². The van der Waals surface area contributed by atoms with Gasteiger partial charge in [-0.3, -0.25) is 4.84 Å². The van der Waals surface area contributed by atoms with Crippen molar-refractivity contribution in [1.82, 2.24) is 5.06 Å². The van der Waals surface area contributed by atoms with Gasteiger partial charge in [0.05, 0.1) is 73.5 Å². The normalized spacial score (nSPS) is 22.5. The molecule has 0 aliphatic carbocycles. The highest BCUT2D eigenvalue weighted by atomic mass is 32.2. The van der Waals surface area contributed by atoms with Gasteiger partial charge < -0.3 is 23.7 Å². The summed E-state index contributed by atoms with van der Waals surface area (Å²) in [4.78, 5) is 76.4. The van der Waals surface area contributed by atoms with E-state index in [4.69, 9.17) is 28.5 Å². The van der Waals surface area contributed by atoms with Gasteiger partial charge in [-0.05, 0) is 162 Å². The van der Waals surface area contributed by atoms with Gasteiger partial charge in [-0.1, -0.05) is 0 Å². The molecule has 3 aromatic carbocycles. The van der Waals surface area contributed by atoms with Crippen LogP contribution >= 0.6 is 141 Å². The molecule has 0 amide bonds. The minimum absolute atomic E-state index is 0.324. The summed E-state index contributed by atoms with van der Waals surface area (Å²) < 4.78 is 27.7. The van der Waals surface area contributed by atoms with Crippen LogP contribution in [0.15, 0.2) is 58.7 Å². The van der Waals surface area contributed by atoms with E-state index in [1.165, 1.54) is 14.2 Å². The Morgan fingerprint density at radius 3 is 0.952 bits per heavy atom. The van der Waals surface area contributed by atoms with Crippen LogP contribution in [0.4, 0.5) is 0 Å². The predicted octanol–water partition coefficient (Wildman–Crippen LogP) is 19.1. The molecular formula is C61H78NO10S12. The Bertz CT molecular complexity index is 3050. The minimum atomic E-state index is -0.625. The van der Waals surface area contributed by atoms with Gasteiger partial charge in [-0.2, -0.15) is 5.06 Å². The molecule has 459 valence electrons. The molecule has 7 heterocycles. The second-order valence-corrected chi connectivity index (χ2v) is 48.6. The van der Waals surface area contributed by atoms with Gasteiger partial charge in [0.15, 0.2) is 6.61 Å². The Kier molecular flexibility index (Phi) is 17.8. The monoisotopic (exact) mass is 1370 g/mol. The molecule has 0 N–H and O–H groups in total. The zero-order chi connectivity index (χ0) is 62.0. The molecule has 11 nitrogen and oxygen atoms in total. The van der Waals surface area contributed by atoms with E-state index in [-0.39, 0.29) is 33.9 Å². The fraction of sp³-hybridized carbons (Fsp3) is 0.623. The lowest BCUT2D eigenvalue weighted by Crippen LogP contribution is -2.64. The third kappa shape index (κ3) is 12.9. The number of nitrogens with zero attached hydrogens (tertiary/aromatic N) is 1. The quantitative estimate of drug-likeness (QED) is 0.0914. The summed E-state index contributed by atoms with van der Waals surface area (Å²) in [6.07, 6.45) is 0.545. The second kappa shape index (κ2) is 22.4. The number of benzene rings is 3. The van der Waals surface area contributed by atoms with Crippen molar-refractivity contribution < 1.29 is 47.7 Å². The highest BCUT2D eigenvalue weighted by molar-refractivity contribution is 8.23. The Morgan fingerprint density at radius 2 is 0.690 bits per heavy atom. The van der Waals surface area contributed by atoms with Gasteiger partial charge in [-0.15, -0.1) is 141 Å². The summed E-state index contributed by atoms with van der Waals surface area (Å²) >= 11 is 20.8. The topological polar surface area (TPSA) is 127 Å². The van der Waals surface area contributed by atoms with Crippen LogP contribution in [0, 0.1) is 5.92 Å². The summed E-state index contributed by atoms with van der Waals surface area (Å²) in [7, 11) is 2.94. The molecule has 84 heavy (non-hydrogen) atoms. The van der Waals surface area contributed by atoms with Gasteiger partial charge in [0.2, 0.25) is 0 Å². The van der Waals surface area contributed by atoms with Gasteiger partial charge >= 0.3 is 23.9 Å². The molecule has 0 bridgehead atoms. The zero-order valence-corrected chi connectivity index (χ0v) is 62.1. The molecule has 0 saturated carbocycles. The maximum absolute atomic E-state index is 15.4. The van der Waals surface area contributed by atoms with Crippen molar-refractivity contribution in [1.29, 1.82) is 0 Å². The van der Waals surface area contributed by atoms with Crippen LogP contribution in [0.3, 0.4) is 0 Å². The average molecular weight is 1370 g/mol. The lowest BCUT2D eigenvalue weighted by Gasteiger charge is -2.55. The first-order valence-electron chi connectivity index (χ1n) is 27.9. The van der Waals surface area contributed by atoms with E-state index in [0.29, 0.717) is 36.1 Å². The van der Waals surface area contributed by atoms with Crippen LogP contribution in [0.1, 0.15) is 206 Å². The number of piperidine rings is 1. The van der Waals surface area contributed by atoms with E-state index >= 15 is 4.79 Å². The van der Waals surface area contributed by atoms with E-state index in [1.54, 1.807) is 141 Å². The molecule has 0 unspecified atom stereocenters. The zero-order valence-electron chi connectivity index (χ0n) is 52.3. The standard InChI is InChI=1S/C61H78NO10S12/c1-52(2,3)70-27-55(8,9)72-62-53(4,5)24-28(25-54(62,6)7)71-29(63)26-69-51(66)36-47-41(77-60(18,19)83-47)33(42-48(36)84-61(20,21)78-42)30(31-37-43(79-56(10,11)73-37)34(49(64)67-22)44-38(31)74-57(12,13)80-44)32-39-45(81-58(14,15)75-39)35(50(65)68-23)46-40(32)76-59(16,17)82-46/h28H,24-27H2,1-23H3. The molecule has 0 atom stereocenters. The van der Waals surface area contributed by atoms with E-state index in [2.05, 4.69) is 111 Å². The first-order chi connectivity index (χ1) is 38.4. The molecule has 1 radical (unpaired) electrons. The molecule has 1 fully saturated rings. The Labute approximate surface area is 549 Å². The third-order valence-electron chi connectivity index (χ3n) is 14.2. The highest BCUT2D eigenvalue weighted by Gasteiger charge is 2.55. The van der Waals surface area contributed by atoms with Crippen LogP contribution in [0.5, 0.6) is 0 Å². The lowest BCUT2D eigenvalue weighted by molar-refractivity contribution is -0.345. The molecule has 0 aromatic heterocycles. The maximum atomic E-state index is 15.4. The summed E-state index contributed by atoms with van der Waals surface area (Å²) in [6.45, 7) is 44.9. The maximum Gasteiger partial charge on any atom is 0.344 e. The number of thioether (sulfide) groups is 12. The van der Waals surface area contributed by atoms with Crippen LogP contribution in [-0.2, 0) is 33.3 Å². The van der Waals surface area contributed by atoms with Crippen LogP contribution in [0.2, 0.25) is 0 Å². The predicted molar refractivity (Wildman–Crippen MR) is 358 cm³/mol. The molecule has 10 rings (SSSR count). The van der Waals surface area contributed by atoms with E-state index in [9.17, 15) is 14.4 Å². The van der Waals surface area contributed by atoms with Crippen LogP contribution in [-0.4, -0.2) is 109 Å². The Hall–Kier alpha value is -0.380. The van der Waals surface area contributed by atoms with E-state index < -0.39 is 49.5 Å². The number of ether oxygens (including phenoxy) is 5. The van der Waals surface area contributed by atoms with Crippen molar-refractivity contribution >= 4 is 165 Å². The van der Waals surface area contributed by atoms with Crippen LogP contribution < -0.4 is 0 Å². The number of carbonyl (C=O) groups is 4. The number of hydroxylamine groups is 2. The first-order valence-corrected chi connectivity index (χ1v) is 37.7. The third-order valence-corrected chi connectivity index (χ3v) is 31.3. The van der Waals surface area contributed by atoms with Crippen molar-refractivity contribution in [3.63, 3.8) is 0 Å². The first kappa shape index (κ1) is 66.5. The molecule has 1 saturated heterocycles. The fourth-order valence-electron chi connectivity index (χ4n) is 11.6. The summed E-state index contributed by atoms with van der Waals surface area (Å²) in [6, 6.07) is 0. The van der Waals surface area contributed by atoms with Gasteiger partial charge in [0.1, 0.15) is 11.7 Å². The number of hydrogen-bond donors (Lipinski definition) is 0. The molecule has 7 aliphatic rings. The smallest absolute Gasteiger partial charge is 0.344 e. The SMILES string of the molecule is COC(=O)c1c2c(c([C](c3c4c(c(C(=O)OC)c5c3SC(C)(C)S5)SC(C)(C)S4)c3c4c(c(C(=O)OCC(=O)OC5CC(C)(C)N(OC(C)(C)COC(C)(C)C)C(C)(C)C5)c5c3SC(C)(C)S5)SC(C)(C)S4)c3c1SC(C)(C)S3)SC(C)(C)S2.